The fourth-order valence-electron chi connectivity index (χ4n) is 2.70. The van der Waals surface area contributed by atoms with E-state index in [0.717, 1.165) is 11.3 Å². The minimum atomic E-state index is -0.440. The molecule has 4 rings (SSSR count). The maximum absolute atomic E-state index is 12.4. The van der Waals surface area contributed by atoms with Gasteiger partial charge in [-0.15, -0.1) is 0 Å². The lowest BCUT2D eigenvalue weighted by molar-refractivity contribution is 0.0736. The Morgan fingerprint density at radius 3 is 2.46 bits per heavy atom. The summed E-state index contributed by atoms with van der Waals surface area (Å²) in [6.07, 6.45) is 3.79. The summed E-state index contributed by atoms with van der Waals surface area (Å²) in [7, 11) is 1.58. The number of hydrogen-bond donors (Lipinski definition) is 0. The first-order valence-corrected chi connectivity index (χ1v) is 8.14. The Morgan fingerprint density at radius 1 is 0.962 bits per heavy atom. The number of ether oxygens (including phenoxy) is 2. The van der Waals surface area contributed by atoms with Gasteiger partial charge < -0.3 is 13.9 Å². The van der Waals surface area contributed by atoms with Gasteiger partial charge in [-0.05, 0) is 36.4 Å². The number of benzene rings is 2. The van der Waals surface area contributed by atoms with Crippen LogP contribution in [-0.4, -0.2) is 22.5 Å². The van der Waals surface area contributed by atoms with Crippen LogP contribution in [0.2, 0.25) is 0 Å². The van der Waals surface area contributed by atoms with E-state index < -0.39 is 5.97 Å². The largest absolute Gasteiger partial charge is 0.497 e. The molecule has 0 N–H and O–H groups in total. The fraction of sp³-hybridized carbons (Fsp3) is 0.0476. The summed E-state index contributed by atoms with van der Waals surface area (Å²) < 4.78 is 12.5. The van der Waals surface area contributed by atoms with Gasteiger partial charge in [0.15, 0.2) is 11.4 Å². The molecule has 0 aliphatic carbocycles. The summed E-state index contributed by atoms with van der Waals surface area (Å²) in [5, 5.41) is 0. The topological polar surface area (TPSA) is 52.8 Å². The van der Waals surface area contributed by atoms with Crippen LogP contribution in [0, 0.1) is 0 Å². The molecule has 0 fully saturated rings. The third kappa shape index (κ3) is 3.02. The van der Waals surface area contributed by atoms with Crippen molar-refractivity contribution < 1.29 is 14.3 Å². The number of carbonyl (C=O) groups is 1. The Morgan fingerprint density at radius 2 is 1.73 bits per heavy atom. The smallest absolute Gasteiger partial charge is 0.343 e. The molecule has 0 spiro atoms. The van der Waals surface area contributed by atoms with E-state index in [0.29, 0.717) is 22.7 Å². The third-order valence-electron chi connectivity index (χ3n) is 4.04. The minimum absolute atomic E-state index is 0.412. The molecule has 5 nitrogen and oxygen atoms in total. The number of hydrogen-bond acceptors (Lipinski definition) is 4. The Kier molecular flexibility index (Phi) is 4.11. The van der Waals surface area contributed by atoms with E-state index in [1.165, 1.54) is 0 Å². The molecule has 0 bridgehead atoms. The van der Waals surface area contributed by atoms with Crippen molar-refractivity contribution in [3.63, 3.8) is 0 Å². The molecule has 0 atom stereocenters. The number of nitrogens with zero attached hydrogens (tertiary/aromatic N) is 2. The zero-order valence-corrected chi connectivity index (χ0v) is 14.1. The molecular formula is C21H16N2O3. The van der Waals surface area contributed by atoms with E-state index >= 15 is 0 Å². The van der Waals surface area contributed by atoms with E-state index in [9.17, 15) is 4.79 Å². The van der Waals surface area contributed by atoms with Crippen LogP contribution >= 0.6 is 0 Å². The van der Waals surface area contributed by atoms with Crippen molar-refractivity contribution in [3.8, 4) is 22.8 Å². The molecule has 0 saturated heterocycles. The number of pyridine rings is 1. The molecule has 2 aromatic carbocycles. The number of esters is 1. The quantitative estimate of drug-likeness (QED) is 0.520. The van der Waals surface area contributed by atoms with E-state index in [1.807, 2.05) is 53.2 Å². The first-order chi connectivity index (χ1) is 12.7. The highest BCUT2D eigenvalue weighted by molar-refractivity contribution is 5.92. The van der Waals surface area contributed by atoms with Crippen LogP contribution in [0.15, 0.2) is 79.1 Å². The zero-order valence-electron chi connectivity index (χ0n) is 14.1. The third-order valence-corrected chi connectivity index (χ3v) is 4.04. The first kappa shape index (κ1) is 15.9. The Hall–Kier alpha value is -3.60. The lowest BCUT2D eigenvalue weighted by atomic mass is 10.2. The number of imidazole rings is 1. The maximum atomic E-state index is 12.4. The summed E-state index contributed by atoms with van der Waals surface area (Å²) >= 11 is 0. The van der Waals surface area contributed by atoms with Crippen molar-refractivity contribution in [2.75, 3.05) is 7.11 Å². The molecule has 0 aliphatic heterocycles. The second-order valence-corrected chi connectivity index (χ2v) is 5.71. The molecule has 0 radical (unpaired) electrons. The fourth-order valence-corrected chi connectivity index (χ4v) is 2.70. The molecule has 0 aliphatic rings. The van der Waals surface area contributed by atoms with Gasteiger partial charge >= 0.3 is 5.97 Å². The van der Waals surface area contributed by atoms with Gasteiger partial charge in [0.1, 0.15) is 5.75 Å². The van der Waals surface area contributed by atoms with Gasteiger partial charge in [-0.3, -0.25) is 0 Å². The highest BCUT2D eigenvalue weighted by Crippen LogP contribution is 2.25. The van der Waals surface area contributed by atoms with Crippen LogP contribution in [0.1, 0.15) is 10.4 Å². The van der Waals surface area contributed by atoms with E-state index in [-0.39, 0.29) is 0 Å². The normalized spacial score (nSPS) is 10.7. The average Bonchev–Trinajstić information content (AvgIpc) is 3.14. The highest BCUT2D eigenvalue weighted by atomic mass is 16.5. The van der Waals surface area contributed by atoms with Crippen LogP contribution in [0.4, 0.5) is 0 Å². The molecule has 5 heteroatoms. The number of fused-ring (bicyclic) bond motifs is 1. The molecule has 2 heterocycles. The van der Waals surface area contributed by atoms with Gasteiger partial charge in [0, 0.05) is 18.0 Å². The van der Waals surface area contributed by atoms with Crippen LogP contribution in [0.5, 0.6) is 11.5 Å². The Balaban J connectivity index is 1.65. The van der Waals surface area contributed by atoms with E-state index in [1.54, 1.807) is 37.4 Å². The summed E-state index contributed by atoms with van der Waals surface area (Å²) in [5.74, 6) is 0.657. The monoisotopic (exact) mass is 344 g/mol. The molecule has 4 aromatic rings. The lowest BCUT2D eigenvalue weighted by Gasteiger charge is -2.06. The summed E-state index contributed by atoms with van der Waals surface area (Å²) in [4.78, 5) is 17.1. The number of methoxy groups -OCH3 is 1. The van der Waals surface area contributed by atoms with E-state index in [2.05, 4.69) is 4.98 Å². The summed E-state index contributed by atoms with van der Waals surface area (Å²) in [6, 6.07) is 20.2. The first-order valence-electron chi connectivity index (χ1n) is 8.14. The van der Waals surface area contributed by atoms with Gasteiger partial charge in [0.25, 0.3) is 0 Å². The molecule has 128 valence electrons. The van der Waals surface area contributed by atoms with Crippen LogP contribution in [0.3, 0.4) is 0 Å². The summed E-state index contributed by atoms with van der Waals surface area (Å²) in [6.45, 7) is 0. The summed E-state index contributed by atoms with van der Waals surface area (Å²) in [5.41, 5.74) is 2.86. The van der Waals surface area contributed by atoms with E-state index in [4.69, 9.17) is 9.47 Å². The SMILES string of the molecule is COc1ccc(C(=O)Oc2cccn3cc(-c4ccccc4)nc23)cc1. The van der Waals surface area contributed by atoms with Gasteiger partial charge in [-0.1, -0.05) is 30.3 Å². The zero-order chi connectivity index (χ0) is 17.9. The second kappa shape index (κ2) is 6.72. The standard InChI is InChI=1S/C21H16N2O3/c1-25-17-11-9-16(10-12-17)21(24)26-19-8-5-13-23-14-18(22-20(19)23)15-6-3-2-4-7-15/h2-14H,1H3. The molecule has 0 amide bonds. The van der Waals surface area contributed by atoms with Gasteiger partial charge in [-0.25, -0.2) is 9.78 Å². The molecule has 26 heavy (non-hydrogen) atoms. The Labute approximate surface area is 150 Å². The van der Waals surface area contributed by atoms with Crippen LogP contribution < -0.4 is 9.47 Å². The van der Waals surface area contributed by atoms with Crippen LogP contribution in [0.25, 0.3) is 16.9 Å². The van der Waals surface area contributed by atoms with Crippen molar-refractivity contribution in [3.05, 3.63) is 84.7 Å². The van der Waals surface area contributed by atoms with Gasteiger partial charge in [0.2, 0.25) is 0 Å². The lowest BCUT2D eigenvalue weighted by Crippen LogP contribution is -2.09. The maximum Gasteiger partial charge on any atom is 0.343 e. The second-order valence-electron chi connectivity index (χ2n) is 5.71. The molecule has 0 saturated carbocycles. The van der Waals surface area contributed by atoms with Crippen molar-refractivity contribution in [2.24, 2.45) is 0 Å². The molecule has 2 aromatic heterocycles. The van der Waals surface area contributed by atoms with Crippen molar-refractivity contribution in [1.82, 2.24) is 9.38 Å². The molecular weight excluding hydrogens is 328 g/mol. The molecule has 0 unspecified atom stereocenters. The predicted molar refractivity (Wildman–Crippen MR) is 98.6 cm³/mol. The van der Waals surface area contributed by atoms with Crippen molar-refractivity contribution in [2.45, 2.75) is 0 Å². The number of carbonyl (C=O) groups excluding carboxylic acids is 1. The predicted octanol–water partition coefficient (Wildman–Crippen LogP) is 4.23. The minimum Gasteiger partial charge on any atom is -0.497 e. The van der Waals surface area contributed by atoms with Crippen LogP contribution in [-0.2, 0) is 0 Å². The average molecular weight is 344 g/mol. The Bertz CT molecular complexity index is 1050. The number of rotatable bonds is 4. The van der Waals surface area contributed by atoms with Crippen molar-refractivity contribution in [1.29, 1.82) is 0 Å². The van der Waals surface area contributed by atoms with Gasteiger partial charge in [0.05, 0.1) is 18.4 Å². The highest BCUT2D eigenvalue weighted by Gasteiger charge is 2.14. The van der Waals surface area contributed by atoms with Gasteiger partial charge in [-0.2, -0.15) is 0 Å². The number of aromatic nitrogens is 2. The van der Waals surface area contributed by atoms with Crippen molar-refractivity contribution >= 4 is 11.6 Å².